The zero-order valence-corrected chi connectivity index (χ0v) is 18.3. The highest BCUT2D eigenvalue weighted by molar-refractivity contribution is 9.10. The van der Waals surface area contributed by atoms with Crippen LogP contribution in [0.25, 0.3) is 0 Å². The first-order valence-electron chi connectivity index (χ1n) is 9.45. The van der Waals surface area contributed by atoms with E-state index in [4.69, 9.17) is 9.47 Å². The third kappa shape index (κ3) is 5.67. The zero-order chi connectivity index (χ0) is 21.3. The lowest BCUT2D eigenvalue weighted by molar-refractivity contribution is 0.0955. The molecule has 7 heteroatoms. The van der Waals surface area contributed by atoms with Gasteiger partial charge in [0.2, 0.25) is 0 Å². The molecule has 0 aliphatic rings. The molecule has 1 heterocycles. The Morgan fingerprint density at radius 3 is 2.67 bits per heavy atom. The summed E-state index contributed by atoms with van der Waals surface area (Å²) in [5, 5.41) is 4.03. The number of aromatic nitrogens is 1. The minimum atomic E-state index is -0.309. The molecule has 154 valence electrons. The second-order valence-electron chi connectivity index (χ2n) is 6.41. The maximum Gasteiger partial charge on any atom is 0.271 e. The van der Waals surface area contributed by atoms with Gasteiger partial charge in [-0.1, -0.05) is 24.3 Å². The summed E-state index contributed by atoms with van der Waals surface area (Å²) < 4.78 is 12.6. The SMILES string of the molecule is CCOc1cc(/C=N\NC(=O)c2ccncc2)cc(Br)c1OCc1ccccc1C. The Morgan fingerprint density at radius 1 is 1.17 bits per heavy atom. The van der Waals surface area contributed by atoms with E-state index in [2.05, 4.69) is 44.4 Å². The van der Waals surface area contributed by atoms with E-state index >= 15 is 0 Å². The fraction of sp³-hybridized carbons (Fsp3) is 0.174. The molecule has 0 atom stereocenters. The topological polar surface area (TPSA) is 72.8 Å². The molecule has 0 saturated heterocycles. The van der Waals surface area contributed by atoms with Crippen LogP contribution >= 0.6 is 15.9 Å². The Kier molecular flexibility index (Phi) is 7.57. The summed E-state index contributed by atoms with van der Waals surface area (Å²) in [6, 6.07) is 15.0. The maximum absolute atomic E-state index is 12.1. The van der Waals surface area contributed by atoms with E-state index < -0.39 is 0 Å². The van der Waals surface area contributed by atoms with Crippen LogP contribution in [0.15, 0.2) is 70.5 Å². The fourth-order valence-electron chi connectivity index (χ4n) is 2.72. The smallest absolute Gasteiger partial charge is 0.271 e. The number of ether oxygens (including phenoxy) is 2. The Balaban J connectivity index is 1.73. The monoisotopic (exact) mass is 467 g/mol. The minimum absolute atomic E-state index is 0.309. The number of hydrogen-bond donors (Lipinski definition) is 1. The molecule has 1 N–H and O–H groups in total. The molecule has 0 radical (unpaired) electrons. The van der Waals surface area contributed by atoms with Crippen molar-refractivity contribution < 1.29 is 14.3 Å². The van der Waals surface area contributed by atoms with E-state index in [0.29, 0.717) is 30.3 Å². The Labute approximate surface area is 184 Å². The first kappa shape index (κ1) is 21.5. The Morgan fingerprint density at radius 2 is 1.93 bits per heavy atom. The summed E-state index contributed by atoms with van der Waals surface area (Å²) in [6.45, 7) is 4.89. The number of pyridine rings is 1. The van der Waals surface area contributed by atoms with E-state index in [9.17, 15) is 4.79 Å². The van der Waals surface area contributed by atoms with Gasteiger partial charge >= 0.3 is 0 Å². The van der Waals surface area contributed by atoms with Crippen LogP contribution in [-0.2, 0) is 6.61 Å². The summed E-state index contributed by atoms with van der Waals surface area (Å²) >= 11 is 3.56. The molecule has 6 nitrogen and oxygen atoms in total. The van der Waals surface area contributed by atoms with Gasteiger partial charge in [-0.25, -0.2) is 5.43 Å². The van der Waals surface area contributed by atoms with Crippen molar-refractivity contribution in [2.24, 2.45) is 5.10 Å². The number of benzene rings is 2. The molecule has 0 aliphatic carbocycles. The van der Waals surface area contributed by atoms with Gasteiger partial charge in [0.05, 0.1) is 17.3 Å². The number of hydrazone groups is 1. The second kappa shape index (κ2) is 10.5. The van der Waals surface area contributed by atoms with Gasteiger partial charge in [-0.3, -0.25) is 9.78 Å². The van der Waals surface area contributed by atoms with Crippen LogP contribution in [-0.4, -0.2) is 23.7 Å². The fourth-order valence-corrected chi connectivity index (χ4v) is 3.29. The predicted molar refractivity (Wildman–Crippen MR) is 120 cm³/mol. The first-order valence-corrected chi connectivity index (χ1v) is 10.2. The van der Waals surface area contributed by atoms with Crippen LogP contribution < -0.4 is 14.9 Å². The van der Waals surface area contributed by atoms with Crippen molar-refractivity contribution >= 4 is 28.1 Å². The van der Waals surface area contributed by atoms with Crippen molar-refractivity contribution in [2.45, 2.75) is 20.5 Å². The number of carbonyl (C=O) groups excluding carboxylic acids is 1. The minimum Gasteiger partial charge on any atom is -0.490 e. The predicted octanol–water partition coefficient (Wildman–Crippen LogP) is 4.89. The van der Waals surface area contributed by atoms with Crippen molar-refractivity contribution in [3.8, 4) is 11.5 Å². The van der Waals surface area contributed by atoms with Crippen LogP contribution in [0.1, 0.15) is 34.0 Å². The number of hydrogen-bond acceptors (Lipinski definition) is 5. The molecule has 0 aliphatic heterocycles. The molecule has 0 saturated carbocycles. The van der Waals surface area contributed by atoms with Crippen LogP contribution in [0.3, 0.4) is 0 Å². The molecule has 3 aromatic rings. The van der Waals surface area contributed by atoms with E-state index in [1.165, 1.54) is 5.56 Å². The van der Waals surface area contributed by atoms with Crippen molar-refractivity contribution in [3.63, 3.8) is 0 Å². The third-order valence-electron chi connectivity index (χ3n) is 4.29. The zero-order valence-electron chi connectivity index (χ0n) is 16.8. The van der Waals surface area contributed by atoms with Crippen LogP contribution in [0.5, 0.6) is 11.5 Å². The number of nitrogens with zero attached hydrogens (tertiary/aromatic N) is 2. The van der Waals surface area contributed by atoms with Gasteiger partial charge in [-0.15, -0.1) is 0 Å². The van der Waals surface area contributed by atoms with Crippen molar-refractivity contribution in [3.05, 3.63) is 87.7 Å². The van der Waals surface area contributed by atoms with Crippen molar-refractivity contribution in [2.75, 3.05) is 6.61 Å². The number of rotatable bonds is 8. The molecule has 1 amide bonds. The highest BCUT2D eigenvalue weighted by Gasteiger charge is 2.13. The van der Waals surface area contributed by atoms with Gasteiger partial charge in [-0.05, 0) is 70.7 Å². The molecule has 2 aromatic carbocycles. The highest BCUT2D eigenvalue weighted by atomic mass is 79.9. The van der Waals surface area contributed by atoms with E-state index in [0.717, 1.165) is 15.6 Å². The molecule has 0 unspecified atom stereocenters. The lowest BCUT2D eigenvalue weighted by Crippen LogP contribution is -2.17. The van der Waals surface area contributed by atoms with Gasteiger partial charge in [0, 0.05) is 18.0 Å². The summed E-state index contributed by atoms with van der Waals surface area (Å²) in [6.07, 6.45) is 4.66. The van der Waals surface area contributed by atoms with E-state index in [1.807, 2.05) is 37.3 Å². The Hall–Kier alpha value is -3.19. The number of aryl methyl sites for hydroxylation is 1. The lowest BCUT2D eigenvalue weighted by Gasteiger charge is -2.15. The van der Waals surface area contributed by atoms with Gasteiger partial charge < -0.3 is 9.47 Å². The molecule has 3 rings (SSSR count). The average Bonchev–Trinajstić information content (AvgIpc) is 2.75. The lowest BCUT2D eigenvalue weighted by atomic mass is 10.1. The van der Waals surface area contributed by atoms with Gasteiger partial charge in [0.25, 0.3) is 5.91 Å². The van der Waals surface area contributed by atoms with Gasteiger partial charge in [0.15, 0.2) is 11.5 Å². The molecule has 0 fully saturated rings. The first-order chi connectivity index (χ1) is 14.6. The number of nitrogens with one attached hydrogen (secondary N) is 1. The van der Waals surface area contributed by atoms with E-state index in [-0.39, 0.29) is 5.91 Å². The normalized spacial score (nSPS) is 10.8. The molecule has 0 spiro atoms. The van der Waals surface area contributed by atoms with Crippen molar-refractivity contribution in [1.29, 1.82) is 0 Å². The van der Waals surface area contributed by atoms with Gasteiger partial charge in [-0.2, -0.15) is 5.10 Å². The Bertz CT molecular complexity index is 1040. The van der Waals surface area contributed by atoms with Crippen LogP contribution in [0.4, 0.5) is 0 Å². The molecule has 30 heavy (non-hydrogen) atoms. The summed E-state index contributed by atoms with van der Waals surface area (Å²) in [4.78, 5) is 16.0. The van der Waals surface area contributed by atoms with Crippen molar-refractivity contribution in [1.82, 2.24) is 10.4 Å². The number of halogens is 1. The molecule has 1 aromatic heterocycles. The highest BCUT2D eigenvalue weighted by Crippen LogP contribution is 2.37. The standard InChI is InChI=1S/C23H22BrN3O3/c1-3-29-21-13-17(14-26-27-23(28)18-8-10-25-11-9-18)12-20(24)22(21)30-15-19-7-5-4-6-16(19)2/h4-14H,3,15H2,1-2H3,(H,27,28)/b26-14-. The molecule has 0 bridgehead atoms. The molecular weight excluding hydrogens is 446 g/mol. The number of amides is 1. The molecular formula is C23H22BrN3O3. The van der Waals surface area contributed by atoms with Crippen LogP contribution in [0.2, 0.25) is 0 Å². The summed E-state index contributed by atoms with van der Waals surface area (Å²) in [5.74, 6) is 0.913. The largest absolute Gasteiger partial charge is 0.490 e. The number of carbonyl (C=O) groups is 1. The third-order valence-corrected chi connectivity index (χ3v) is 4.88. The van der Waals surface area contributed by atoms with Gasteiger partial charge in [0.1, 0.15) is 6.61 Å². The van der Waals surface area contributed by atoms with Crippen LogP contribution in [0, 0.1) is 6.92 Å². The van der Waals surface area contributed by atoms with E-state index in [1.54, 1.807) is 30.7 Å². The second-order valence-corrected chi connectivity index (χ2v) is 7.27. The summed E-state index contributed by atoms with van der Waals surface area (Å²) in [7, 11) is 0. The maximum atomic E-state index is 12.1. The summed E-state index contributed by atoms with van der Waals surface area (Å²) in [5.41, 5.74) is 6.01. The quantitative estimate of drug-likeness (QED) is 0.377. The average molecular weight is 468 g/mol.